The van der Waals surface area contributed by atoms with E-state index in [9.17, 15) is 10.1 Å². The summed E-state index contributed by atoms with van der Waals surface area (Å²) < 4.78 is 5.56. The van der Waals surface area contributed by atoms with E-state index >= 15 is 0 Å². The molecule has 1 aromatic carbocycles. The maximum atomic E-state index is 13.2. The largest absolute Gasteiger partial charge is 0.420 e. The predicted molar refractivity (Wildman–Crippen MR) is 90.6 cm³/mol. The molecular weight excluding hydrogens is 318 g/mol. The van der Waals surface area contributed by atoms with Gasteiger partial charge in [0.05, 0.1) is 5.56 Å². The third-order valence-electron chi connectivity index (χ3n) is 4.86. The van der Waals surface area contributed by atoms with Crippen molar-refractivity contribution in [3.8, 4) is 11.9 Å². The topological polar surface area (TPSA) is 117 Å². The highest BCUT2D eigenvalue weighted by atomic mass is 16.5. The number of ether oxygens (including phenoxy) is 1. The average Bonchev–Trinajstić information content (AvgIpc) is 3.09. The molecule has 7 nitrogen and oxygen atoms in total. The maximum Gasteiger partial charge on any atom is 0.245 e. The molecule has 2 aliphatic heterocycles. The van der Waals surface area contributed by atoms with Gasteiger partial charge in [-0.05, 0) is 25.0 Å². The van der Waals surface area contributed by atoms with Crippen molar-refractivity contribution in [2.24, 2.45) is 5.73 Å². The van der Waals surface area contributed by atoms with Gasteiger partial charge >= 0.3 is 0 Å². The Morgan fingerprint density at radius 3 is 2.92 bits per heavy atom. The highest BCUT2D eigenvalue weighted by Crippen LogP contribution is 2.54. The Morgan fingerprint density at radius 1 is 1.40 bits per heavy atom. The Hall–Kier alpha value is -3.27. The fraction of sp³-hybridized carbons (Fsp3) is 0.278. The monoisotopic (exact) mass is 335 g/mol. The fourth-order valence-electron chi connectivity index (χ4n) is 3.93. The second-order valence-corrected chi connectivity index (χ2v) is 6.29. The van der Waals surface area contributed by atoms with Gasteiger partial charge in [-0.2, -0.15) is 5.26 Å². The molecule has 3 heterocycles. The van der Waals surface area contributed by atoms with Crippen LogP contribution in [0.5, 0.6) is 5.88 Å². The number of aryl methyl sites for hydroxylation is 2. The molecule has 2 aromatic rings. The van der Waals surface area contributed by atoms with Crippen LogP contribution in [0.4, 0.5) is 5.69 Å². The molecule has 2 aliphatic rings. The summed E-state index contributed by atoms with van der Waals surface area (Å²) in [6.07, 6.45) is 1.54. The number of fused-ring (bicyclic) bond motifs is 4. The quantitative estimate of drug-likeness (QED) is 0.776. The Labute approximate surface area is 144 Å². The van der Waals surface area contributed by atoms with Crippen molar-refractivity contribution in [2.45, 2.75) is 32.1 Å². The maximum absolute atomic E-state index is 13.2. The van der Waals surface area contributed by atoms with Crippen LogP contribution in [0.3, 0.4) is 0 Å². The van der Waals surface area contributed by atoms with Gasteiger partial charge in [-0.25, -0.2) is 0 Å². The van der Waals surface area contributed by atoms with Gasteiger partial charge in [0.1, 0.15) is 17.1 Å². The Kier molecular flexibility index (Phi) is 3.12. The van der Waals surface area contributed by atoms with Gasteiger partial charge in [-0.3, -0.25) is 9.89 Å². The first kappa shape index (κ1) is 15.3. The number of aromatic amines is 1. The lowest BCUT2D eigenvalue weighted by atomic mass is 9.67. The van der Waals surface area contributed by atoms with E-state index in [1.54, 1.807) is 0 Å². The van der Waals surface area contributed by atoms with Crippen molar-refractivity contribution >= 4 is 11.6 Å². The van der Waals surface area contributed by atoms with Crippen molar-refractivity contribution in [1.29, 1.82) is 5.26 Å². The molecular formula is C18H17N5O2. The number of H-pyrrole nitrogens is 1. The molecule has 0 radical (unpaired) electrons. The van der Waals surface area contributed by atoms with Gasteiger partial charge in [-0.1, -0.05) is 25.5 Å². The SMILES string of the molecule is CCCc1[nH]nc2c1[C@@]1(C(=O)Nc3cccc(C)c31)C(C#N)=C(N)O2. The minimum Gasteiger partial charge on any atom is -0.420 e. The molecule has 1 amide bonds. The molecule has 25 heavy (non-hydrogen) atoms. The van der Waals surface area contributed by atoms with Crippen molar-refractivity contribution in [1.82, 2.24) is 10.2 Å². The van der Waals surface area contributed by atoms with E-state index in [-0.39, 0.29) is 23.2 Å². The van der Waals surface area contributed by atoms with Gasteiger partial charge in [-0.15, -0.1) is 5.10 Å². The normalized spacial score (nSPS) is 20.8. The number of nitrogens with zero attached hydrogens (tertiary/aromatic N) is 2. The summed E-state index contributed by atoms with van der Waals surface area (Å²) in [4.78, 5) is 13.2. The zero-order chi connectivity index (χ0) is 17.8. The summed E-state index contributed by atoms with van der Waals surface area (Å²) in [7, 11) is 0. The number of hydrogen-bond donors (Lipinski definition) is 3. The van der Waals surface area contributed by atoms with Crippen LogP contribution < -0.4 is 15.8 Å². The molecule has 0 saturated carbocycles. The Morgan fingerprint density at radius 2 is 2.20 bits per heavy atom. The molecule has 0 saturated heterocycles. The van der Waals surface area contributed by atoms with E-state index < -0.39 is 5.41 Å². The number of rotatable bonds is 2. The first-order valence-electron chi connectivity index (χ1n) is 8.13. The number of amides is 1. The smallest absolute Gasteiger partial charge is 0.245 e. The van der Waals surface area contributed by atoms with E-state index in [2.05, 4.69) is 21.6 Å². The van der Waals surface area contributed by atoms with Crippen LogP contribution in [-0.2, 0) is 16.6 Å². The Bertz CT molecular complexity index is 982. The summed E-state index contributed by atoms with van der Waals surface area (Å²) in [6, 6.07) is 7.73. The molecule has 1 atom stereocenters. The first-order valence-corrected chi connectivity index (χ1v) is 8.13. The number of nitriles is 1. The van der Waals surface area contributed by atoms with E-state index in [4.69, 9.17) is 10.5 Å². The lowest BCUT2D eigenvalue weighted by molar-refractivity contribution is -0.118. The van der Waals surface area contributed by atoms with Gasteiger partial charge in [0.25, 0.3) is 0 Å². The number of carbonyl (C=O) groups is 1. The number of hydrogen-bond acceptors (Lipinski definition) is 5. The molecule has 7 heteroatoms. The van der Waals surface area contributed by atoms with Crippen LogP contribution in [0.15, 0.2) is 29.7 Å². The van der Waals surface area contributed by atoms with Crippen LogP contribution >= 0.6 is 0 Å². The number of anilines is 1. The number of nitrogens with one attached hydrogen (secondary N) is 2. The van der Waals surface area contributed by atoms with Crippen LogP contribution in [0.25, 0.3) is 0 Å². The lowest BCUT2D eigenvalue weighted by Crippen LogP contribution is -2.43. The molecule has 1 spiro atoms. The summed E-state index contributed by atoms with van der Waals surface area (Å²) in [6.45, 7) is 3.95. The van der Waals surface area contributed by atoms with Crippen LogP contribution in [0.2, 0.25) is 0 Å². The van der Waals surface area contributed by atoms with Gasteiger partial charge < -0.3 is 15.8 Å². The second kappa shape index (κ2) is 5.11. The summed E-state index contributed by atoms with van der Waals surface area (Å²) in [5.74, 6) is -0.137. The predicted octanol–water partition coefficient (Wildman–Crippen LogP) is 2.00. The summed E-state index contributed by atoms with van der Waals surface area (Å²) in [5.41, 5.74) is 8.47. The first-order chi connectivity index (χ1) is 12.1. The molecule has 0 unspecified atom stereocenters. The second-order valence-electron chi connectivity index (χ2n) is 6.29. The van der Waals surface area contributed by atoms with E-state index in [1.807, 2.05) is 32.0 Å². The minimum absolute atomic E-state index is 0.0872. The molecule has 4 N–H and O–H groups in total. The van der Waals surface area contributed by atoms with Crippen LogP contribution in [0, 0.1) is 18.3 Å². The molecule has 4 rings (SSSR count). The third kappa shape index (κ3) is 1.74. The lowest BCUT2D eigenvalue weighted by Gasteiger charge is -2.32. The van der Waals surface area contributed by atoms with Crippen molar-refractivity contribution in [3.05, 3.63) is 52.0 Å². The Balaban J connectivity index is 2.16. The summed E-state index contributed by atoms with van der Waals surface area (Å²) >= 11 is 0. The van der Waals surface area contributed by atoms with E-state index in [1.165, 1.54) is 0 Å². The summed E-state index contributed by atoms with van der Waals surface area (Å²) in [5, 5.41) is 19.9. The van der Waals surface area contributed by atoms with Gasteiger partial charge in [0.15, 0.2) is 0 Å². The van der Waals surface area contributed by atoms with E-state index in [0.717, 1.165) is 23.2 Å². The number of aromatic nitrogens is 2. The van der Waals surface area contributed by atoms with Crippen molar-refractivity contribution in [2.75, 3.05) is 5.32 Å². The van der Waals surface area contributed by atoms with Crippen molar-refractivity contribution in [3.63, 3.8) is 0 Å². The molecule has 126 valence electrons. The van der Waals surface area contributed by atoms with Crippen molar-refractivity contribution < 1.29 is 9.53 Å². The molecule has 0 aliphatic carbocycles. The number of benzene rings is 1. The zero-order valence-corrected chi connectivity index (χ0v) is 13.9. The highest BCUT2D eigenvalue weighted by molar-refractivity contribution is 6.13. The van der Waals surface area contributed by atoms with Crippen LogP contribution in [-0.4, -0.2) is 16.1 Å². The molecule has 1 aromatic heterocycles. The minimum atomic E-state index is -1.33. The van der Waals surface area contributed by atoms with Gasteiger partial charge in [0.2, 0.25) is 17.7 Å². The number of carbonyl (C=O) groups excluding carboxylic acids is 1. The molecule has 0 bridgehead atoms. The molecule has 0 fully saturated rings. The number of nitrogens with two attached hydrogens (primary N) is 1. The third-order valence-corrected chi connectivity index (χ3v) is 4.86. The van der Waals surface area contributed by atoms with Gasteiger partial charge in [0, 0.05) is 16.9 Å². The fourth-order valence-corrected chi connectivity index (χ4v) is 3.93. The highest BCUT2D eigenvalue weighted by Gasteiger charge is 2.59. The average molecular weight is 335 g/mol. The van der Waals surface area contributed by atoms with Crippen LogP contribution in [0.1, 0.15) is 35.7 Å². The van der Waals surface area contributed by atoms with E-state index in [0.29, 0.717) is 17.7 Å². The zero-order valence-electron chi connectivity index (χ0n) is 13.9. The standard InChI is InChI=1S/C18H17N5O2/c1-3-5-12-14-16(23-22-12)25-15(20)10(8-19)18(14)13-9(2)6-4-7-11(13)21-17(18)24/h4,6-7H,3,5,20H2,1-2H3,(H,21,24)(H,22,23)/t18-/m1/s1.